The summed E-state index contributed by atoms with van der Waals surface area (Å²) in [5.74, 6) is 0.609. The smallest absolute Gasteiger partial charge is 0.248 e. The molecule has 1 aromatic carbocycles. The molecule has 1 amide bonds. The molecule has 0 unspecified atom stereocenters. The van der Waals surface area contributed by atoms with Gasteiger partial charge in [0, 0.05) is 19.3 Å². The number of hydrogen-bond donors (Lipinski definition) is 2. The molecule has 2 heterocycles. The molecule has 10 nitrogen and oxygen atoms in total. The molecular weight excluding hydrogens is 434 g/mol. The second kappa shape index (κ2) is 9.62. The Hall–Kier alpha value is -3.70. The summed E-state index contributed by atoms with van der Waals surface area (Å²) in [4.78, 5) is 16.5. The van der Waals surface area contributed by atoms with Crippen molar-refractivity contribution >= 4 is 27.7 Å². The van der Waals surface area contributed by atoms with Gasteiger partial charge in [0.1, 0.15) is 22.1 Å². The summed E-state index contributed by atoms with van der Waals surface area (Å²) in [6.45, 7) is 1.74. The summed E-state index contributed by atoms with van der Waals surface area (Å²) in [7, 11) is 0.664. The van der Waals surface area contributed by atoms with Crippen LogP contribution in [0.3, 0.4) is 0 Å². The van der Waals surface area contributed by atoms with Gasteiger partial charge in [0.05, 0.1) is 19.0 Å². The Kier molecular flexibility index (Phi) is 6.91. The largest absolute Gasteiger partial charge is 0.495 e. The third-order valence-corrected chi connectivity index (χ3v) is 5.88. The van der Waals surface area contributed by atoms with Crippen molar-refractivity contribution in [3.63, 3.8) is 0 Å². The van der Waals surface area contributed by atoms with Crippen molar-refractivity contribution in [1.29, 1.82) is 0 Å². The number of nitrogens with one attached hydrogen (secondary N) is 2. The highest BCUT2D eigenvalue weighted by atomic mass is 32.2. The molecule has 3 rings (SSSR count). The van der Waals surface area contributed by atoms with Crippen molar-refractivity contribution in [2.75, 3.05) is 19.5 Å². The predicted molar refractivity (Wildman–Crippen MR) is 119 cm³/mol. The lowest BCUT2D eigenvalue weighted by molar-refractivity contribution is -0.111. The average molecular weight is 458 g/mol. The Balaban J connectivity index is 1.82. The summed E-state index contributed by atoms with van der Waals surface area (Å²) in [5, 5.41) is 7.05. The first-order valence-electron chi connectivity index (χ1n) is 9.47. The molecule has 168 valence electrons. The number of carbonyl (C=O) groups is 1. The summed E-state index contributed by atoms with van der Waals surface area (Å²) in [6, 6.07) is 8.05. The molecule has 11 heteroatoms. The van der Waals surface area contributed by atoms with E-state index in [1.54, 1.807) is 44.6 Å². The molecule has 2 aromatic heterocycles. The molecule has 0 aliphatic heterocycles. The Morgan fingerprint density at radius 2 is 2.03 bits per heavy atom. The number of benzene rings is 1. The summed E-state index contributed by atoms with van der Waals surface area (Å²) in [5.41, 5.74) is 1.49. The fourth-order valence-corrected chi connectivity index (χ4v) is 3.80. The van der Waals surface area contributed by atoms with E-state index in [-0.39, 0.29) is 10.6 Å². The van der Waals surface area contributed by atoms with E-state index in [2.05, 4.69) is 20.1 Å². The average Bonchev–Trinajstić information content (AvgIpc) is 3.05. The van der Waals surface area contributed by atoms with E-state index in [9.17, 15) is 13.2 Å². The first-order chi connectivity index (χ1) is 15.2. The van der Waals surface area contributed by atoms with Crippen molar-refractivity contribution in [3.8, 4) is 17.4 Å². The number of nitrogens with zero attached hydrogens (tertiary/aromatic N) is 3. The van der Waals surface area contributed by atoms with Gasteiger partial charge in [0.25, 0.3) is 0 Å². The van der Waals surface area contributed by atoms with Crippen LogP contribution in [0.4, 0.5) is 5.69 Å². The van der Waals surface area contributed by atoms with E-state index in [1.807, 2.05) is 0 Å². The van der Waals surface area contributed by atoms with Gasteiger partial charge in [-0.25, -0.2) is 17.8 Å². The number of methoxy groups -OCH3 is 1. The number of anilines is 1. The van der Waals surface area contributed by atoms with Crippen LogP contribution in [0.5, 0.6) is 17.4 Å². The number of pyridine rings is 1. The fourth-order valence-electron chi connectivity index (χ4n) is 2.87. The van der Waals surface area contributed by atoms with E-state index in [4.69, 9.17) is 9.47 Å². The van der Waals surface area contributed by atoms with Gasteiger partial charge in [-0.2, -0.15) is 5.10 Å². The number of sulfonamides is 1. The SMILES string of the molecule is CNS(=O)(=O)c1cc(C=CC(=O)Nc2c(C)nn(C)c2Oc2cccnc2)ccc1OC. The van der Waals surface area contributed by atoms with Crippen molar-refractivity contribution in [2.45, 2.75) is 11.8 Å². The van der Waals surface area contributed by atoms with Gasteiger partial charge in [-0.15, -0.1) is 0 Å². The second-order valence-electron chi connectivity index (χ2n) is 6.62. The molecule has 0 aliphatic rings. The maximum absolute atomic E-state index is 12.6. The maximum atomic E-state index is 12.6. The topological polar surface area (TPSA) is 124 Å². The molecule has 0 radical (unpaired) electrons. The first kappa shape index (κ1) is 23.0. The molecule has 0 aliphatic carbocycles. The van der Waals surface area contributed by atoms with Gasteiger partial charge in [0.15, 0.2) is 0 Å². The third-order valence-electron chi connectivity index (χ3n) is 4.44. The number of hydrogen-bond acceptors (Lipinski definition) is 7. The minimum absolute atomic E-state index is 0.0275. The summed E-state index contributed by atoms with van der Waals surface area (Å²) < 4.78 is 39.1. The molecule has 0 saturated heterocycles. The van der Waals surface area contributed by atoms with E-state index in [1.165, 1.54) is 43.1 Å². The highest BCUT2D eigenvalue weighted by Crippen LogP contribution is 2.31. The van der Waals surface area contributed by atoms with Gasteiger partial charge < -0.3 is 14.8 Å². The monoisotopic (exact) mass is 457 g/mol. The van der Waals surface area contributed by atoms with E-state index in [0.717, 1.165) is 0 Å². The quantitative estimate of drug-likeness (QED) is 0.498. The lowest BCUT2D eigenvalue weighted by Crippen LogP contribution is -2.19. The standard InChI is InChI=1S/C21H23N5O5S/c1-14-20(21(26(3)25-14)31-16-6-5-11-23-13-16)24-19(27)10-8-15-7-9-17(30-4)18(12-15)32(28,29)22-2/h5-13,22H,1-4H3,(H,24,27). The maximum Gasteiger partial charge on any atom is 0.248 e. The molecule has 0 spiro atoms. The Morgan fingerprint density at radius 1 is 1.25 bits per heavy atom. The lowest BCUT2D eigenvalue weighted by Gasteiger charge is -2.10. The Bertz CT molecular complexity index is 1250. The number of ether oxygens (including phenoxy) is 2. The third kappa shape index (κ3) is 5.13. The van der Waals surface area contributed by atoms with Gasteiger partial charge in [-0.1, -0.05) is 6.07 Å². The number of aromatic nitrogens is 3. The minimum atomic E-state index is -3.73. The van der Waals surface area contributed by atoms with E-state index in [0.29, 0.717) is 28.6 Å². The molecule has 0 saturated carbocycles. The number of rotatable bonds is 8. The van der Waals surface area contributed by atoms with E-state index < -0.39 is 15.9 Å². The molecule has 3 aromatic rings. The zero-order valence-corrected chi connectivity index (χ0v) is 18.8. The van der Waals surface area contributed by atoms with Gasteiger partial charge >= 0.3 is 0 Å². The van der Waals surface area contributed by atoms with Crippen LogP contribution in [-0.4, -0.2) is 43.2 Å². The highest BCUT2D eigenvalue weighted by molar-refractivity contribution is 7.89. The zero-order chi connectivity index (χ0) is 23.3. The Labute approximate surface area is 185 Å². The van der Waals surface area contributed by atoms with Crippen molar-refractivity contribution in [1.82, 2.24) is 19.5 Å². The molecule has 2 N–H and O–H groups in total. The Morgan fingerprint density at radius 3 is 2.69 bits per heavy atom. The summed E-state index contributed by atoms with van der Waals surface area (Å²) >= 11 is 0. The van der Waals surface area contributed by atoms with Crippen LogP contribution in [0.15, 0.2) is 53.7 Å². The number of aryl methyl sites for hydroxylation is 2. The van der Waals surface area contributed by atoms with E-state index >= 15 is 0 Å². The second-order valence-corrected chi connectivity index (χ2v) is 8.48. The normalized spacial score (nSPS) is 11.5. The molecule has 0 bridgehead atoms. The van der Waals surface area contributed by atoms with Crippen LogP contribution < -0.4 is 19.5 Å². The first-order valence-corrected chi connectivity index (χ1v) is 11.0. The molecule has 32 heavy (non-hydrogen) atoms. The van der Waals surface area contributed by atoms with Gasteiger partial charge in [-0.3, -0.25) is 9.78 Å². The van der Waals surface area contributed by atoms with Gasteiger partial charge in [0.2, 0.25) is 21.8 Å². The fraction of sp³-hybridized carbons (Fsp3) is 0.190. The van der Waals surface area contributed by atoms with Crippen molar-refractivity contribution < 1.29 is 22.7 Å². The van der Waals surface area contributed by atoms with Crippen LogP contribution in [0.1, 0.15) is 11.3 Å². The van der Waals surface area contributed by atoms with Crippen LogP contribution in [0.25, 0.3) is 6.08 Å². The van der Waals surface area contributed by atoms with Crippen LogP contribution >= 0.6 is 0 Å². The predicted octanol–water partition coefficient (Wildman–Crippen LogP) is 2.48. The van der Waals surface area contributed by atoms with Crippen LogP contribution in [0, 0.1) is 6.92 Å². The zero-order valence-electron chi connectivity index (χ0n) is 18.0. The van der Waals surface area contributed by atoms with Gasteiger partial charge in [-0.05, 0) is 49.9 Å². The number of carbonyl (C=O) groups excluding carboxylic acids is 1. The van der Waals surface area contributed by atoms with Crippen molar-refractivity contribution in [3.05, 3.63) is 60.1 Å². The molecular formula is C21H23N5O5S. The van der Waals surface area contributed by atoms with Crippen LogP contribution in [0.2, 0.25) is 0 Å². The lowest BCUT2D eigenvalue weighted by atomic mass is 10.2. The number of amides is 1. The molecule has 0 fully saturated rings. The minimum Gasteiger partial charge on any atom is -0.495 e. The van der Waals surface area contributed by atoms with Crippen LogP contribution in [-0.2, 0) is 21.9 Å². The highest BCUT2D eigenvalue weighted by Gasteiger charge is 2.19. The van der Waals surface area contributed by atoms with Crippen molar-refractivity contribution in [2.24, 2.45) is 7.05 Å². The summed E-state index contributed by atoms with van der Waals surface area (Å²) in [6.07, 6.45) is 5.96. The molecule has 0 atom stereocenters.